The van der Waals surface area contributed by atoms with Gasteiger partial charge in [-0.2, -0.15) is 0 Å². The second-order valence-electron chi connectivity index (χ2n) is 5.84. The monoisotopic (exact) mass is 281 g/mol. The first-order valence-corrected chi connectivity index (χ1v) is 6.81. The highest BCUT2D eigenvalue weighted by molar-refractivity contribution is 5.32. The van der Waals surface area contributed by atoms with E-state index in [0.717, 1.165) is 17.4 Å². The smallest absolute Gasteiger partial charge is 0.291 e. The van der Waals surface area contributed by atoms with Gasteiger partial charge in [-0.25, -0.2) is 4.79 Å². The van der Waals surface area contributed by atoms with E-state index in [2.05, 4.69) is 0 Å². The van der Waals surface area contributed by atoms with E-state index >= 15 is 0 Å². The summed E-state index contributed by atoms with van der Waals surface area (Å²) in [4.78, 5) is 35.0. The maximum atomic E-state index is 12.4. The third-order valence-corrected chi connectivity index (χ3v) is 3.53. The predicted octanol–water partition coefficient (Wildman–Crippen LogP) is 1.29. The summed E-state index contributed by atoms with van der Waals surface area (Å²) in [5.74, 6) is 0.466. The van der Waals surface area contributed by atoms with Crippen molar-refractivity contribution < 1.29 is 4.92 Å². The molecule has 0 amide bonds. The van der Waals surface area contributed by atoms with E-state index in [4.69, 9.17) is 0 Å². The van der Waals surface area contributed by atoms with Gasteiger partial charge in [-0.15, -0.1) is 0 Å². The highest BCUT2D eigenvalue weighted by Gasteiger charge is 2.29. The van der Waals surface area contributed by atoms with Crippen LogP contribution < -0.4 is 11.2 Å². The van der Waals surface area contributed by atoms with Crippen LogP contribution in [-0.2, 0) is 13.1 Å². The lowest BCUT2D eigenvalue weighted by atomic mass is 10.2. The second kappa shape index (κ2) is 5.22. The van der Waals surface area contributed by atoms with E-state index in [-0.39, 0.29) is 18.2 Å². The number of aromatic nitrogens is 2. The number of rotatable bonds is 5. The van der Waals surface area contributed by atoms with E-state index in [9.17, 15) is 19.7 Å². The van der Waals surface area contributed by atoms with Gasteiger partial charge in [0.15, 0.2) is 0 Å². The SMILES string of the molecule is Cc1c([N+](=O)[O-])c(=O)n(CC(C)C)c(=O)n1CC1CC1. The van der Waals surface area contributed by atoms with Crippen LogP contribution in [0, 0.1) is 28.9 Å². The van der Waals surface area contributed by atoms with Crippen molar-refractivity contribution in [3.8, 4) is 0 Å². The van der Waals surface area contributed by atoms with Crippen LogP contribution in [0.1, 0.15) is 32.4 Å². The summed E-state index contributed by atoms with van der Waals surface area (Å²) in [6.45, 7) is 5.86. The van der Waals surface area contributed by atoms with Crippen molar-refractivity contribution in [1.82, 2.24) is 9.13 Å². The molecule has 0 bridgehead atoms. The number of hydrogen-bond donors (Lipinski definition) is 0. The van der Waals surface area contributed by atoms with Crippen LogP contribution in [0.4, 0.5) is 5.69 Å². The van der Waals surface area contributed by atoms with Gasteiger partial charge < -0.3 is 0 Å². The molecule has 1 aliphatic carbocycles. The van der Waals surface area contributed by atoms with Crippen LogP contribution in [0.15, 0.2) is 9.59 Å². The third kappa shape index (κ3) is 2.66. The van der Waals surface area contributed by atoms with Crippen molar-refractivity contribution in [2.45, 2.75) is 46.7 Å². The Balaban J connectivity index is 2.67. The zero-order valence-electron chi connectivity index (χ0n) is 12.0. The van der Waals surface area contributed by atoms with Crippen LogP contribution in [0.25, 0.3) is 0 Å². The van der Waals surface area contributed by atoms with Gasteiger partial charge in [0, 0.05) is 13.1 Å². The van der Waals surface area contributed by atoms with Gasteiger partial charge in [-0.1, -0.05) is 13.8 Å². The van der Waals surface area contributed by atoms with E-state index < -0.39 is 21.9 Å². The van der Waals surface area contributed by atoms with Crippen molar-refractivity contribution in [3.05, 3.63) is 36.6 Å². The van der Waals surface area contributed by atoms with Crippen LogP contribution in [0.3, 0.4) is 0 Å². The van der Waals surface area contributed by atoms with E-state index in [0.29, 0.717) is 12.5 Å². The molecule has 0 aliphatic heterocycles. The van der Waals surface area contributed by atoms with E-state index in [1.807, 2.05) is 13.8 Å². The molecule has 0 aromatic carbocycles. The molecule has 0 unspecified atom stereocenters. The Labute approximate surface area is 116 Å². The highest BCUT2D eigenvalue weighted by Crippen LogP contribution is 2.30. The van der Waals surface area contributed by atoms with Crippen molar-refractivity contribution in [2.24, 2.45) is 11.8 Å². The lowest BCUT2D eigenvalue weighted by Crippen LogP contribution is -2.43. The molecule has 7 heteroatoms. The Bertz CT molecular complexity index is 653. The first-order valence-electron chi connectivity index (χ1n) is 6.81. The fraction of sp³-hybridized carbons (Fsp3) is 0.692. The van der Waals surface area contributed by atoms with E-state index in [1.165, 1.54) is 11.5 Å². The minimum atomic E-state index is -0.793. The maximum absolute atomic E-state index is 12.4. The summed E-state index contributed by atoms with van der Waals surface area (Å²) < 4.78 is 2.39. The summed E-state index contributed by atoms with van der Waals surface area (Å²) in [6.07, 6.45) is 2.06. The van der Waals surface area contributed by atoms with Crippen LogP contribution in [-0.4, -0.2) is 14.1 Å². The van der Waals surface area contributed by atoms with Crippen molar-refractivity contribution in [2.75, 3.05) is 0 Å². The molecule has 1 aliphatic rings. The molecule has 2 rings (SSSR count). The fourth-order valence-corrected chi connectivity index (χ4v) is 2.30. The second-order valence-corrected chi connectivity index (χ2v) is 5.84. The molecule has 1 heterocycles. The molecular weight excluding hydrogens is 262 g/mol. The molecule has 1 aromatic rings. The first kappa shape index (κ1) is 14.5. The molecule has 0 N–H and O–H groups in total. The number of nitro groups is 1. The minimum Gasteiger partial charge on any atom is -0.291 e. The predicted molar refractivity (Wildman–Crippen MR) is 73.9 cm³/mol. The zero-order valence-corrected chi connectivity index (χ0v) is 12.0. The van der Waals surface area contributed by atoms with Crippen molar-refractivity contribution in [3.63, 3.8) is 0 Å². The highest BCUT2D eigenvalue weighted by atomic mass is 16.6. The van der Waals surface area contributed by atoms with Gasteiger partial charge in [0.1, 0.15) is 5.69 Å². The Hall–Kier alpha value is -1.92. The largest absolute Gasteiger partial charge is 0.353 e. The molecular formula is C13H19N3O4. The molecule has 0 saturated heterocycles. The maximum Gasteiger partial charge on any atom is 0.353 e. The van der Waals surface area contributed by atoms with Gasteiger partial charge in [-0.3, -0.25) is 24.0 Å². The molecule has 20 heavy (non-hydrogen) atoms. The normalized spacial score (nSPS) is 14.8. The number of nitrogens with zero attached hydrogens (tertiary/aromatic N) is 3. The van der Waals surface area contributed by atoms with Gasteiger partial charge in [0.25, 0.3) is 0 Å². The Morgan fingerprint density at radius 2 is 1.90 bits per heavy atom. The van der Waals surface area contributed by atoms with Gasteiger partial charge >= 0.3 is 16.9 Å². The summed E-state index contributed by atoms with van der Waals surface area (Å²) in [7, 11) is 0. The molecule has 110 valence electrons. The molecule has 1 saturated carbocycles. The van der Waals surface area contributed by atoms with Crippen LogP contribution in [0.2, 0.25) is 0 Å². The molecule has 0 radical (unpaired) electrons. The Morgan fingerprint density at radius 3 is 2.35 bits per heavy atom. The molecule has 1 fully saturated rings. The average Bonchev–Trinajstić information content (AvgIpc) is 3.13. The van der Waals surface area contributed by atoms with Crippen LogP contribution >= 0.6 is 0 Å². The Morgan fingerprint density at radius 1 is 1.30 bits per heavy atom. The topological polar surface area (TPSA) is 87.1 Å². The third-order valence-electron chi connectivity index (χ3n) is 3.53. The standard InChI is InChI=1S/C13H19N3O4/c1-8(2)6-15-12(17)11(16(19)20)9(3)14(13(15)18)7-10-4-5-10/h8,10H,4-7H2,1-3H3. The summed E-state index contributed by atoms with van der Waals surface area (Å²) in [5.41, 5.74) is -1.54. The number of hydrogen-bond acceptors (Lipinski definition) is 4. The zero-order chi connectivity index (χ0) is 15.0. The van der Waals surface area contributed by atoms with Gasteiger partial charge in [0.05, 0.1) is 4.92 Å². The molecule has 0 atom stereocenters. The van der Waals surface area contributed by atoms with Crippen molar-refractivity contribution >= 4 is 5.69 Å². The molecule has 0 spiro atoms. The fourth-order valence-electron chi connectivity index (χ4n) is 2.30. The average molecular weight is 281 g/mol. The quantitative estimate of drug-likeness (QED) is 0.601. The molecule has 7 nitrogen and oxygen atoms in total. The van der Waals surface area contributed by atoms with Gasteiger partial charge in [-0.05, 0) is 31.6 Å². The summed E-state index contributed by atoms with van der Waals surface area (Å²) in [5, 5.41) is 11.1. The van der Waals surface area contributed by atoms with E-state index in [1.54, 1.807) is 0 Å². The van der Waals surface area contributed by atoms with Gasteiger partial charge in [0.2, 0.25) is 0 Å². The summed E-state index contributed by atoms with van der Waals surface area (Å²) >= 11 is 0. The first-order chi connectivity index (χ1) is 9.32. The Kier molecular flexibility index (Phi) is 3.78. The molecule has 1 aromatic heterocycles. The summed E-state index contributed by atoms with van der Waals surface area (Å²) in [6, 6.07) is 0. The van der Waals surface area contributed by atoms with Crippen LogP contribution in [0.5, 0.6) is 0 Å². The lowest BCUT2D eigenvalue weighted by Gasteiger charge is -2.14. The minimum absolute atomic E-state index is 0.0667. The lowest BCUT2D eigenvalue weighted by molar-refractivity contribution is -0.387. The van der Waals surface area contributed by atoms with Crippen molar-refractivity contribution in [1.29, 1.82) is 0 Å².